The number of aryl methyl sites for hydroxylation is 2. The third-order valence-corrected chi connectivity index (χ3v) is 3.88. The van der Waals surface area contributed by atoms with Gasteiger partial charge in [0, 0.05) is 10.9 Å². The smallest absolute Gasteiger partial charge is 0.125 e. The second-order valence-corrected chi connectivity index (χ2v) is 5.46. The predicted molar refractivity (Wildman–Crippen MR) is 84.0 cm³/mol. The van der Waals surface area contributed by atoms with Crippen LogP contribution in [0.5, 0.6) is 5.75 Å². The number of benzene rings is 2. The van der Waals surface area contributed by atoms with Gasteiger partial charge in [-0.15, -0.1) is 0 Å². The molecule has 0 saturated heterocycles. The van der Waals surface area contributed by atoms with Crippen molar-refractivity contribution in [3.05, 3.63) is 64.0 Å². The van der Waals surface area contributed by atoms with Crippen LogP contribution in [0.15, 0.2) is 30.3 Å². The van der Waals surface area contributed by atoms with Crippen LogP contribution < -0.4 is 4.74 Å². The Hall–Kier alpha value is -1.86. The molecule has 0 aliphatic carbocycles. The van der Waals surface area contributed by atoms with E-state index in [9.17, 15) is 4.39 Å². The van der Waals surface area contributed by atoms with E-state index >= 15 is 0 Å². The van der Waals surface area contributed by atoms with Gasteiger partial charge in [0.2, 0.25) is 0 Å². The second kappa shape index (κ2) is 6.73. The normalized spacial score (nSPS) is 10.2. The Morgan fingerprint density at radius 2 is 1.86 bits per heavy atom. The van der Waals surface area contributed by atoms with Crippen molar-refractivity contribution >= 4 is 15.9 Å². The van der Waals surface area contributed by atoms with Crippen LogP contribution >= 0.6 is 15.9 Å². The molecule has 0 aliphatic heterocycles. The summed E-state index contributed by atoms with van der Waals surface area (Å²) in [4.78, 5) is 0. The van der Waals surface area contributed by atoms with Gasteiger partial charge in [0.1, 0.15) is 18.2 Å². The lowest BCUT2D eigenvalue weighted by atomic mass is 10.1. The van der Waals surface area contributed by atoms with E-state index in [2.05, 4.69) is 22.0 Å². The lowest BCUT2D eigenvalue weighted by molar-refractivity contribution is 0.301. The molecule has 0 spiro atoms. The molecule has 2 nitrogen and oxygen atoms in total. The van der Waals surface area contributed by atoms with Crippen LogP contribution in [0, 0.1) is 31.0 Å². The van der Waals surface area contributed by atoms with E-state index < -0.39 is 0 Å². The zero-order chi connectivity index (χ0) is 15.4. The quantitative estimate of drug-likeness (QED) is 0.745. The summed E-state index contributed by atoms with van der Waals surface area (Å²) in [5.74, 6) is 0.420. The van der Waals surface area contributed by atoms with Crippen molar-refractivity contribution in [1.29, 1.82) is 5.26 Å². The maximum absolute atomic E-state index is 13.3. The van der Waals surface area contributed by atoms with Crippen molar-refractivity contribution in [2.24, 2.45) is 0 Å². The molecule has 0 saturated carbocycles. The summed E-state index contributed by atoms with van der Waals surface area (Å²) in [5.41, 5.74) is 4.23. The summed E-state index contributed by atoms with van der Waals surface area (Å²) in [5, 5.41) is 9.84. The topological polar surface area (TPSA) is 33.0 Å². The van der Waals surface area contributed by atoms with Crippen LogP contribution in [0.3, 0.4) is 0 Å². The molecule has 0 N–H and O–H groups in total. The lowest BCUT2D eigenvalue weighted by Gasteiger charge is -2.14. The van der Waals surface area contributed by atoms with Crippen LogP contribution in [-0.4, -0.2) is 0 Å². The Bertz CT molecular complexity index is 683. The number of hydrogen-bond donors (Lipinski definition) is 0. The van der Waals surface area contributed by atoms with Crippen molar-refractivity contribution in [2.75, 3.05) is 0 Å². The van der Waals surface area contributed by atoms with E-state index in [0.29, 0.717) is 11.1 Å². The fourth-order valence-electron chi connectivity index (χ4n) is 2.29. The number of hydrogen-bond acceptors (Lipinski definition) is 2. The summed E-state index contributed by atoms with van der Waals surface area (Å²) in [6, 6.07) is 10.3. The van der Waals surface area contributed by atoms with E-state index in [-0.39, 0.29) is 12.4 Å². The van der Waals surface area contributed by atoms with Crippen LogP contribution in [0.1, 0.15) is 27.8 Å². The first kappa shape index (κ1) is 15.5. The first-order valence-electron chi connectivity index (χ1n) is 6.52. The number of alkyl halides is 1. The summed E-state index contributed by atoms with van der Waals surface area (Å²) in [6.07, 6.45) is 0. The zero-order valence-corrected chi connectivity index (χ0v) is 13.5. The molecule has 0 fully saturated rings. The highest BCUT2D eigenvalue weighted by atomic mass is 79.9. The molecule has 0 aromatic heterocycles. The molecule has 0 heterocycles. The molecular formula is C17H15BrFNO. The van der Waals surface area contributed by atoms with E-state index in [1.165, 1.54) is 23.8 Å². The first-order chi connectivity index (χ1) is 10.0. The van der Waals surface area contributed by atoms with Gasteiger partial charge in [-0.1, -0.05) is 28.1 Å². The van der Waals surface area contributed by atoms with Gasteiger partial charge in [-0.3, -0.25) is 0 Å². The minimum atomic E-state index is -0.365. The number of nitrogens with zero attached hydrogens (tertiary/aromatic N) is 1. The molecule has 2 aromatic carbocycles. The third kappa shape index (κ3) is 3.62. The maximum atomic E-state index is 13.3. The third-order valence-electron chi connectivity index (χ3n) is 3.23. The Morgan fingerprint density at radius 1 is 1.19 bits per heavy atom. The molecule has 0 aliphatic rings. The Balaban J connectivity index is 2.25. The molecule has 0 bridgehead atoms. The van der Waals surface area contributed by atoms with Crippen LogP contribution in [0.2, 0.25) is 0 Å². The number of halogens is 2. The monoisotopic (exact) mass is 347 g/mol. The van der Waals surface area contributed by atoms with Crippen molar-refractivity contribution < 1.29 is 9.13 Å². The fourth-order valence-corrected chi connectivity index (χ4v) is 2.61. The number of rotatable bonds is 4. The largest absolute Gasteiger partial charge is 0.488 e. The van der Waals surface area contributed by atoms with Crippen LogP contribution in [0.25, 0.3) is 0 Å². The van der Waals surface area contributed by atoms with Gasteiger partial charge in [-0.2, -0.15) is 5.26 Å². The van der Waals surface area contributed by atoms with Gasteiger partial charge in [0.15, 0.2) is 0 Å². The number of nitriles is 1. The van der Waals surface area contributed by atoms with E-state index in [4.69, 9.17) is 10.00 Å². The van der Waals surface area contributed by atoms with Crippen LogP contribution in [0.4, 0.5) is 4.39 Å². The summed E-state index contributed by atoms with van der Waals surface area (Å²) in [6.45, 7) is 4.13. The molecule has 4 heteroatoms. The highest BCUT2D eigenvalue weighted by Gasteiger charge is 2.09. The fraction of sp³-hybridized carbons (Fsp3) is 0.235. The van der Waals surface area contributed by atoms with Crippen LogP contribution in [-0.2, 0) is 11.9 Å². The summed E-state index contributed by atoms with van der Waals surface area (Å²) >= 11 is 3.43. The first-order valence-corrected chi connectivity index (χ1v) is 7.64. The molecule has 0 amide bonds. The minimum Gasteiger partial charge on any atom is -0.488 e. The highest BCUT2D eigenvalue weighted by Crippen LogP contribution is 2.27. The van der Waals surface area contributed by atoms with Gasteiger partial charge in [0.25, 0.3) is 0 Å². The van der Waals surface area contributed by atoms with Gasteiger partial charge >= 0.3 is 0 Å². The molecule has 0 radical (unpaired) electrons. The van der Waals surface area contributed by atoms with E-state index in [1.54, 1.807) is 0 Å². The van der Waals surface area contributed by atoms with Gasteiger partial charge in [-0.05, 0) is 48.7 Å². The second-order valence-electron chi connectivity index (χ2n) is 4.89. The predicted octanol–water partition coefficient (Wildman–Crippen LogP) is 4.79. The Morgan fingerprint density at radius 3 is 2.43 bits per heavy atom. The molecule has 2 rings (SSSR count). The highest BCUT2D eigenvalue weighted by molar-refractivity contribution is 9.08. The van der Waals surface area contributed by atoms with E-state index in [1.807, 2.05) is 26.0 Å². The standard InChI is InChI=1S/C17H15BrFNO/c1-11-5-13(8-18)6-12(2)17(11)21-10-15-7-16(19)4-3-14(15)9-20/h3-7H,8,10H2,1-2H3. The maximum Gasteiger partial charge on any atom is 0.125 e. The summed E-state index contributed by atoms with van der Waals surface area (Å²) < 4.78 is 19.1. The SMILES string of the molecule is Cc1cc(CBr)cc(C)c1OCc1cc(F)ccc1C#N. The van der Waals surface area contributed by atoms with Crippen molar-refractivity contribution in [3.8, 4) is 11.8 Å². The molecule has 0 atom stereocenters. The van der Waals surface area contributed by atoms with Crippen molar-refractivity contribution in [2.45, 2.75) is 25.8 Å². The average molecular weight is 348 g/mol. The zero-order valence-electron chi connectivity index (χ0n) is 11.9. The average Bonchev–Trinajstić information content (AvgIpc) is 2.46. The van der Waals surface area contributed by atoms with E-state index in [0.717, 1.165) is 22.2 Å². The van der Waals surface area contributed by atoms with Crippen molar-refractivity contribution in [1.82, 2.24) is 0 Å². The van der Waals surface area contributed by atoms with Gasteiger partial charge in [0.05, 0.1) is 11.6 Å². The molecule has 108 valence electrons. The van der Waals surface area contributed by atoms with Gasteiger partial charge < -0.3 is 4.74 Å². The Kier molecular flexibility index (Phi) is 4.98. The van der Waals surface area contributed by atoms with Crippen molar-refractivity contribution in [3.63, 3.8) is 0 Å². The summed E-state index contributed by atoms with van der Waals surface area (Å²) in [7, 11) is 0. The Labute approximate surface area is 132 Å². The molecular weight excluding hydrogens is 333 g/mol. The molecule has 0 unspecified atom stereocenters. The lowest BCUT2D eigenvalue weighted by Crippen LogP contribution is -2.02. The molecule has 2 aromatic rings. The molecule has 21 heavy (non-hydrogen) atoms. The number of ether oxygens (including phenoxy) is 1. The van der Waals surface area contributed by atoms with Gasteiger partial charge in [-0.25, -0.2) is 4.39 Å². The minimum absolute atomic E-state index is 0.177.